The average molecular weight is 404 g/mol. The molecule has 136 valence electrons. The maximum Gasteiger partial charge on any atom is 0.417 e. The van der Waals surface area contributed by atoms with Crippen LogP contribution in [0.15, 0.2) is 44.5 Å². The van der Waals surface area contributed by atoms with Crippen molar-refractivity contribution in [2.45, 2.75) is 19.6 Å². The Morgan fingerprint density at radius 2 is 1.77 bits per heavy atom. The molecular weight excluding hydrogens is 394 g/mol. The Morgan fingerprint density at radius 1 is 1.08 bits per heavy atom. The lowest BCUT2D eigenvalue weighted by molar-refractivity contribution is -0.138. The number of pyridine rings is 1. The molecule has 3 aromatic rings. The number of benzene rings is 1. The van der Waals surface area contributed by atoms with Gasteiger partial charge >= 0.3 is 11.8 Å². The van der Waals surface area contributed by atoms with Crippen molar-refractivity contribution in [2.24, 2.45) is 0 Å². The number of aromatic nitrogens is 1. The van der Waals surface area contributed by atoms with E-state index < -0.39 is 27.9 Å². The molecule has 0 unspecified atom stereocenters. The molecule has 0 saturated heterocycles. The molecule has 3 rings (SSSR count). The summed E-state index contributed by atoms with van der Waals surface area (Å²) in [6.45, 7) is 1.41. The summed E-state index contributed by atoms with van der Waals surface area (Å²) in [5, 5.41) is 0.239. The van der Waals surface area contributed by atoms with E-state index in [2.05, 4.69) is 0 Å². The van der Waals surface area contributed by atoms with E-state index in [1.54, 1.807) is 13.0 Å². The standard InChI is InChI=1S/C17H10Cl2F3NO3/c1-8-2-14-11(5-12(8)18)9(3-15(24)26-14)6-23-7-10(17(20,21)22)4-13(19)16(23)25/h2-5,7H,6H2,1H3. The number of hydrogen-bond donors (Lipinski definition) is 0. The maximum atomic E-state index is 13.0. The molecule has 0 N–H and O–H groups in total. The molecule has 4 nitrogen and oxygen atoms in total. The van der Waals surface area contributed by atoms with E-state index in [4.69, 9.17) is 27.6 Å². The van der Waals surface area contributed by atoms with Crippen molar-refractivity contribution in [2.75, 3.05) is 0 Å². The van der Waals surface area contributed by atoms with Crippen LogP contribution in [0, 0.1) is 6.92 Å². The van der Waals surface area contributed by atoms with Gasteiger partial charge in [0, 0.05) is 22.7 Å². The van der Waals surface area contributed by atoms with Gasteiger partial charge in [-0.1, -0.05) is 23.2 Å². The summed E-state index contributed by atoms with van der Waals surface area (Å²) in [6.07, 6.45) is -4.01. The van der Waals surface area contributed by atoms with E-state index in [9.17, 15) is 22.8 Å². The molecule has 9 heteroatoms. The van der Waals surface area contributed by atoms with E-state index in [0.29, 0.717) is 28.2 Å². The summed E-state index contributed by atoms with van der Waals surface area (Å²) in [5.41, 5.74) is -1.39. The normalized spacial score (nSPS) is 11.9. The van der Waals surface area contributed by atoms with Crippen molar-refractivity contribution in [1.82, 2.24) is 4.57 Å². The largest absolute Gasteiger partial charge is 0.423 e. The summed E-state index contributed by atoms with van der Waals surface area (Å²) in [6, 6.07) is 4.75. The molecule has 0 aliphatic carbocycles. The topological polar surface area (TPSA) is 52.2 Å². The first-order valence-electron chi connectivity index (χ1n) is 7.26. The summed E-state index contributed by atoms with van der Waals surface area (Å²) in [7, 11) is 0. The SMILES string of the molecule is Cc1cc2oc(=O)cc(Cn3cc(C(F)(F)F)cc(Cl)c3=O)c2cc1Cl. The third-order valence-corrected chi connectivity index (χ3v) is 4.50. The minimum Gasteiger partial charge on any atom is -0.423 e. The van der Waals surface area contributed by atoms with Gasteiger partial charge in [-0.15, -0.1) is 0 Å². The molecule has 1 aromatic carbocycles. The fraction of sp³-hybridized carbons (Fsp3) is 0.176. The molecular formula is C17H10Cl2F3NO3. The van der Waals surface area contributed by atoms with Gasteiger partial charge in [-0.05, 0) is 36.2 Å². The quantitative estimate of drug-likeness (QED) is 0.585. The van der Waals surface area contributed by atoms with Gasteiger partial charge < -0.3 is 8.98 Å². The number of fused-ring (bicyclic) bond motifs is 1. The van der Waals surface area contributed by atoms with Crippen molar-refractivity contribution in [3.8, 4) is 0 Å². The van der Waals surface area contributed by atoms with E-state index in [-0.39, 0.29) is 17.7 Å². The van der Waals surface area contributed by atoms with Crippen LogP contribution in [0.5, 0.6) is 0 Å². The van der Waals surface area contributed by atoms with Crippen LogP contribution in [-0.4, -0.2) is 4.57 Å². The van der Waals surface area contributed by atoms with Gasteiger partial charge in [-0.2, -0.15) is 13.2 Å². The van der Waals surface area contributed by atoms with Gasteiger partial charge in [0.05, 0.1) is 12.1 Å². The second kappa shape index (κ2) is 6.48. The van der Waals surface area contributed by atoms with Gasteiger partial charge in [0.1, 0.15) is 10.6 Å². The second-order valence-corrected chi connectivity index (χ2v) is 6.51. The Labute approximate surface area is 154 Å². The summed E-state index contributed by atoms with van der Waals surface area (Å²) in [5.74, 6) is 0. The molecule has 0 radical (unpaired) electrons. The van der Waals surface area contributed by atoms with Crippen LogP contribution < -0.4 is 11.2 Å². The number of hydrogen-bond acceptors (Lipinski definition) is 3. The van der Waals surface area contributed by atoms with Crippen LogP contribution in [-0.2, 0) is 12.7 Å². The Kier molecular flexibility index (Phi) is 4.62. The Balaban J connectivity index is 2.21. The summed E-state index contributed by atoms with van der Waals surface area (Å²) >= 11 is 11.7. The smallest absolute Gasteiger partial charge is 0.417 e. The zero-order chi connectivity index (χ0) is 19.2. The van der Waals surface area contributed by atoms with E-state index >= 15 is 0 Å². The van der Waals surface area contributed by atoms with Crippen molar-refractivity contribution in [1.29, 1.82) is 0 Å². The highest BCUT2D eigenvalue weighted by Gasteiger charge is 2.32. The van der Waals surface area contributed by atoms with Gasteiger partial charge in [-0.25, -0.2) is 4.79 Å². The Hall–Kier alpha value is -2.25. The highest BCUT2D eigenvalue weighted by molar-refractivity contribution is 6.32. The predicted molar refractivity (Wildman–Crippen MR) is 92.0 cm³/mol. The molecule has 0 fully saturated rings. The number of rotatable bonds is 2. The highest BCUT2D eigenvalue weighted by Crippen LogP contribution is 2.30. The van der Waals surface area contributed by atoms with Gasteiger partial charge in [-0.3, -0.25) is 4.79 Å². The first-order chi connectivity index (χ1) is 12.1. The summed E-state index contributed by atoms with van der Waals surface area (Å²) < 4.78 is 44.8. The van der Waals surface area contributed by atoms with Crippen molar-refractivity contribution < 1.29 is 17.6 Å². The van der Waals surface area contributed by atoms with Crippen LogP contribution in [0.2, 0.25) is 10.0 Å². The molecule has 0 saturated carbocycles. The van der Waals surface area contributed by atoms with Gasteiger partial charge in [0.2, 0.25) is 0 Å². The van der Waals surface area contributed by atoms with E-state index in [1.165, 1.54) is 6.07 Å². The minimum absolute atomic E-state index is 0.223. The van der Waals surface area contributed by atoms with Crippen molar-refractivity contribution in [3.05, 3.63) is 78.0 Å². The monoisotopic (exact) mass is 403 g/mol. The zero-order valence-corrected chi connectivity index (χ0v) is 14.7. The number of aryl methyl sites for hydroxylation is 1. The van der Waals surface area contributed by atoms with Crippen LogP contribution in [0.3, 0.4) is 0 Å². The fourth-order valence-electron chi connectivity index (χ4n) is 2.53. The summed E-state index contributed by atoms with van der Waals surface area (Å²) in [4.78, 5) is 23.9. The molecule has 2 heterocycles. The van der Waals surface area contributed by atoms with Crippen LogP contribution in [0.25, 0.3) is 11.0 Å². The Bertz CT molecular complexity index is 1130. The van der Waals surface area contributed by atoms with Gasteiger partial charge in [0.15, 0.2) is 0 Å². The molecule has 0 bridgehead atoms. The zero-order valence-electron chi connectivity index (χ0n) is 13.2. The number of nitrogens with zero attached hydrogens (tertiary/aromatic N) is 1. The van der Waals surface area contributed by atoms with Crippen molar-refractivity contribution >= 4 is 34.2 Å². The highest BCUT2D eigenvalue weighted by atomic mass is 35.5. The predicted octanol–water partition coefficient (Wildman–Crippen LogP) is 4.64. The number of halogens is 5. The van der Waals surface area contributed by atoms with Crippen molar-refractivity contribution in [3.63, 3.8) is 0 Å². The lowest BCUT2D eigenvalue weighted by Gasteiger charge is -2.13. The molecule has 0 amide bonds. The van der Waals surface area contributed by atoms with Crippen LogP contribution >= 0.6 is 23.2 Å². The molecule has 0 aliphatic rings. The lowest BCUT2D eigenvalue weighted by atomic mass is 10.1. The number of alkyl halides is 3. The Morgan fingerprint density at radius 3 is 2.42 bits per heavy atom. The molecule has 2 aromatic heterocycles. The fourth-order valence-corrected chi connectivity index (χ4v) is 2.92. The van der Waals surface area contributed by atoms with Gasteiger partial charge in [0.25, 0.3) is 5.56 Å². The minimum atomic E-state index is -4.67. The lowest BCUT2D eigenvalue weighted by Crippen LogP contribution is -2.24. The molecule has 0 spiro atoms. The average Bonchev–Trinajstić information content (AvgIpc) is 2.52. The molecule has 0 aliphatic heterocycles. The van der Waals surface area contributed by atoms with E-state index in [0.717, 1.165) is 10.6 Å². The first kappa shape index (κ1) is 18.5. The van der Waals surface area contributed by atoms with Crippen LogP contribution in [0.1, 0.15) is 16.7 Å². The third-order valence-electron chi connectivity index (χ3n) is 3.82. The maximum absolute atomic E-state index is 13.0. The third kappa shape index (κ3) is 3.50. The van der Waals surface area contributed by atoms with E-state index in [1.807, 2.05) is 0 Å². The second-order valence-electron chi connectivity index (χ2n) is 5.70. The van der Waals surface area contributed by atoms with Crippen LogP contribution in [0.4, 0.5) is 13.2 Å². The molecule has 0 atom stereocenters. The molecule has 26 heavy (non-hydrogen) atoms. The first-order valence-corrected chi connectivity index (χ1v) is 8.02.